The molecule has 142 valence electrons. The Morgan fingerprint density at radius 2 is 1.89 bits per heavy atom. The maximum atomic E-state index is 12.6. The first kappa shape index (κ1) is 18.0. The van der Waals surface area contributed by atoms with Crippen LogP contribution >= 0.6 is 0 Å². The number of aromatic hydroxyl groups is 1. The van der Waals surface area contributed by atoms with Gasteiger partial charge in [-0.2, -0.15) is 0 Å². The second-order valence-corrected chi connectivity index (χ2v) is 6.51. The highest BCUT2D eigenvalue weighted by molar-refractivity contribution is 6.00. The van der Waals surface area contributed by atoms with E-state index in [0.29, 0.717) is 22.6 Å². The number of benzene rings is 2. The summed E-state index contributed by atoms with van der Waals surface area (Å²) < 4.78 is 10.6. The van der Waals surface area contributed by atoms with E-state index in [2.05, 4.69) is 5.32 Å². The molecule has 2 atom stereocenters. The van der Waals surface area contributed by atoms with Crippen molar-refractivity contribution in [2.24, 2.45) is 0 Å². The van der Waals surface area contributed by atoms with Crippen molar-refractivity contribution in [3.63, 3.8) is 0 Å². The number of furan rings is 1. The van der Waals surface area contributed by atoms with Crippen LogP contribution < -0.4 is 5.32 Å². The summed E-state index contributed by atoms with van der Waals surface area (Å²) >= 11 is 0. The van der Waals surface area contributed by atoms with Crippen LogP contribution in [-0.2, 0) is 15.1 Å². The number of carbonyl (C=O) groups is 1. The number of phenols is 1. The molecule has 1 aliphatic heterocycles. The molecule has 0 bridgehead atoms. The molecule has 1 aliphatic rings. The number of nitrogens with one attached hydrogen (secondary N) is 1. The largest absolute Gasteiger partial charge is 0.507 e. The molecule has 2 aromatic carbocycles. The minimum Gasteiger partial charge on any atom is -0.507 e. The Kier molecular flexibility index (Phi) is 4.50. The number of methoxy groups -OCH3 is 1. The molecule has 4 rings (SSSR count). The van der Waals surface area contributed by atoms with Gasteiger partial charge in [-0.05, 0) is 42.0 Å². The van der Waals surface area contributed by atoms with Gasteiger partial charge in [0.05, 0.1) is 17.5 Å². The summed E-state index contributed by atoms with van der Waals surface area (Å²) in [5, 5.41) is 25.4. The molecule has 1 amide bonds. The highest BCUT2D eigenvalue weighted by atomic mass is 16.5. The van der Waals surface area contributed by atoms with E-state index in [1.54, 1.807) is 73.0 Å². The van der Waals surface area contributed by atoms with Crippen LogP contribution in [0.15, 0.2) is 65.3 Å². The van der Waals surface area contributed by atoms with E-state index in [0.717, 1.165) is 0 Å². The molecular weight excluding hydrogens is 358 g/mol. The van der Waals surface area contributed by atoms with Crippen LogP contribution in [0.4, 0.5) is 5.69 Å². The number of carbonyl (C=O) groups excluding carboxylic acids is 1. The zero-order valence-electron chi connectivity index (χ0n) is 15.1. The molecule has 0 saturated carbocycles. The van der Waals surface area contributed by atoms with Crippen LogP contribution in [-0.4, -0.2) is 29.3 Å². The molecule has 1 aromatic heterocycles. The second kappa shape index (κ2) is 6.99. The topological polar surface area (TPSA) is 91.9 Å². The average molecular weight is 377 g/mol. The number of rotatable bonds is 4. The molecule has 0 aliphatic carbocycles. The lowest BCUT2D eigenvalue weighted by molar-refractivity contribution is -0.142. The predicted octanol–water partition coefficient (Wildman–Crippen LogP) is 3.36. The van der Waals surface area contributed by atoms with Crippen molar-refractivity contribution in [2.45, 2.75) is 11.7 Å². The van der Waals surface area contributed by atoms with Gasteiger partial charge in [0.1, 0.15) is 11.5 Å². The van der Waals surface area contributed by atoms with Gasteiger partial charge in [-0.15, -0.1) is 0 Å². The number of aliphatic hydroxyl groups is 1. The number of amides is 1. The molecule has 0 saturated heterocycles. The minimum absolute atomic E-state index is 0.145. The third-order valence-corrected chi connectivity index (χ3v) is 4.89. The van der Waals surface area contributed by atoms with Crippen LogP contribution in [0, 0.1) is 0 Å². The number of ether oxygens (including phenoxy) is 1. The van der Waals surface area contributed by atoms with Crippen LogP contribution in [0.2, 0.25) is 0 Å². The van der Waals surface area contributed by atoms with Gasteiger partial charge in [0, 0.05) is 12.7 Å². The number of hydrogen-bond acceptors (Lipinski definition) is 5. The first-order valence-electron chi connectivity index (χ1n) is 8.75. The lowest BCUT2D eigenvalue weighted by Crippen LogP contribution is -2.52. The average Bonchev–Trinajstić information content (AvgIpc) is 3.22. The van der Waals surface area contributed by atoms with Crippen LogP contribution in [0.25, 0.3) is 12.2 Å². The maximum absolute atomic E-state index is 12.6. The fourth-order valence-electron chi connectivity index (χ4n) is 3.57. The molecule has 3 aromatic rings. The summed E-state index contributed by atoms with van der Waals surface area (Å²) in [5.74, 6) is -0.00754. The van der Waals surface area contributed by atoms with Crippen LogP contribution in [0.5, 0.6) is 5.75 Å². The minimum atomic E-state index is -1.85. The summed E-state index contributed by atoms with van der Waals surface area (Å²) in [7, 11) is 1.35. The number of phenolic OH excluding ortho intramolecular Hbond substituents is 1. The lowest BCUT2D eigenvalue weighted by atomic mass is 9.77. The summed E-state index contributed by atoms with van der Waals surface area (Å²) in [5.41, 5.74) is -0.424. The highest BCUT2D eigenvalue weighted by Gasteiger charge is 2.51. The Labute approximate surface area is 161 Å². The van der Waals surface area contributed by atoms with Crippen molar-refractivity contribution < 1.29 is 24.2 Å². The van der Waals surface area contributed by atoms with Crippen molar-refractivity contribution in [2.75, 3.05) is 12.4 Å². The Hall–Kier alpha value is -3.35. The van der Waals surface area contributed by atoms with E-state index < -0.39 is 17.6 Å². The molecular formula is C22H19NO5. The van der Waals surface area contributed by atoms with Crippen molar-refractivity contribution in [3.8, 4) is 5.75 Å². The molecule has 2 unspecified atom stereocenters. The molecule has 0 fully saturated rings. The predicted molar refractivity (Wildman–Crippen MR) is 105 cm³/mol. The quantitative estimate of drug-likeness (QED) is 0.648. The Morgan fingerprint density at radius 1 is 1.11 bits per heavy atom. The number of anilines is 1. The van der Waals surface area contributed by atoms with E-state index >= 15 is 0 Å². The molecule has 6 heteroatoms. The van der Waals surface area contributed by atoms with Crippen molar-refractivity contribution in [1.82, 2.24) is 0 Å². The molecule has 6 nitrogen and oxygen atoms in total. The molecule has 0 spiro atoms. The molecule has 2 heterocycles. The van der Waals surface area contributed by atoms with E-state index in [-0.39, 0.29) is 11.3 Å². The van der Waals surface area contributed by atoms with E-state index in [9.17, 15) is 15.0 Å². The van der Waals surface area contributed by atoms with Crippen molar-refractivity contribution in [1.29, 1.82) is 0 Å². The Bertz CT molecular complexity index is 1030. The standard InChI is InChI=1S/C22H19NO5/c1-27-20-21(25)23-17-12-10-14(9-11-16-8-5-13-28-16)19(24)18(17)22(20,26)15-6-3-2-4-7-15/h2-13,20,24,26H,1H3,(H,23,25). The lowest BCUT2D eigenvalue weighted by Gasteiger charge is -2.40. The fourth-order valence-corrected chi connectivity index (χ4v) is 3.57. The van der Waals surface area contributed by atoms with E-state index in [1.165, 1.54) is 7.11 Å². The third-order valence-electron chi connectivity index (χ3n) is 4.89. The summed E-state index contributed by atoms with van der Waals surface area (Å²) in [6.07, 6.45) is 3.72. The first-order valence-corrected chi connectivity index (χ1v) is 8.75. The van der Waals surface area contributed by atoms with Crippen molar-refractivity contribution >= 4 is 23.7 Å². The summed E-state index contributed by atoms with van der Waals surface area (Å²) in [6, 6.07) is 15.6. The summed E-state index contributed by atoms with van der Waals surface area (Å²) in [6.45, 7) is 0. The van der Waals surface area contributed by atoms with E-state index in [4.69, 9.17) is 9.15 Å². The third kappa shape index (κ3) is 2.79. The van der Waals surface area contributed by atoms with E-state index in [1.807, 2.05) is 0 Å². The SMILES string of the molecule is COC1C(=O)Nc2ccc(C=Cc3ccco3)c(O)c2C1(O)c1ccccc1. The maximum Gasteiger partial charge on any atom is 0.257 e. The van der Waals surface area contributed by atoms with Gasteiger partial charge in [0.25, 0.3) is 5.91 Å². The Morgan fingerprint density at radius 3 is 2.57 bits per heavy atom. The highest BCUT2D eigenvalue weighted by Crippen LogP contribution is 2.47. The van der Waals surface area contributed by atoms with Gasteiger partial charge in [0.15, 0.2) is 11.7 Å². The first-order chi connectivity index (χ1) is 13.6. The molecule has 0 radical (unpaired) electrons. The van der Waals surface area contributed by atoms with Gasteiger partial charge in [-0.25, -0.2) is 0 Å². The zero-order chi connectivity index (χ0) is 19.7. The van der Waals surface area contributed by atoms with Gasteiger partial charge >= 0.3 is 0 Å². The Balaban J connectivity index is 1.91. The fraction of sp³-hybridized carbons (Fsp3) is 0.136. The van der Waals surface area contributed by atoms with Crippen molar-refractivity contribution in [3.05, 3.63) is 83.3 Å². The second-order valence-electron chi connectivity index (χ2n) is 6.51. The van der Waals surface area contributed by atoms with Crippen LogP contribution in [0.1, 0.15) is 22.5 Å². The van der Waals surface area contributed by atoms with Gasteiger partial charge < -0.3 is 24.7 Å². The van der Waals surface area contributed by atoms with Gasteiger partial charge in [-0.3, -0.25) is 4.79 Å². The number of hydrogen-bond donors (Lipinski definition) is 3. The summed E-state index contributed by atoms with van der Waals surface area (Å²) in [4.78, 5) is 12.6. The van der Waals surface area contributed by atoms with Gasteiger partial charge in [0.2, 0.25) is 0 Å². The monoisotopic (exact) mass is 377 g/mol. The van der Waals surface area contributed by atoms with Gasteiger partial charge in [-0.1, -0.05) is 30.3 Å². The molecule has 28 heavy (non-hydrogen) atoms. The normalized spacial score (nSPS) is 21.5. The number of fused-ring (bicyclic) bond motifs is 1. The zero-order valence-corrected chi connectivity index (χ0v) is 15.1. The van der Waals surface area contributed by atoms with Crippen LogP contribution in [0.3, 0.4) is 0 Å². The molecule has 3 N–H and O–H groups in total. The smallest absolute Gasteiger partial charge is 0.257 e.